The van der Waals surface area contributed by atoms with E-state index in [9.17, 15) is 13.2 Å². The molecule has 1 aliphatic rings. The van der Waals surface area contributed by atoms with Crippen molar-refractivity contribution in [2.75, 3.05) is 18.4 Å². The number of sulfonamides is 1. The van der Waals surface area contributed by atoms with Crippen molar-refractivity contribution in [3.05, 3.63) is 69.6 Å². The lowest BCUT2D eigenvalue weighted by Gasteiger charge is -2.15. The molecule has 32 heavy (non-hydrogen) atoms. The Morgan fingerprint density at radius 3 is 2.47 bits per heavy atom. The van der Waals surface area contributed by atoms with Gasteiger partial charge in [0.2, 0.25) is 15.9 Å². The second-order valence-electron chi connectivity index (χ2n) is 7.34. The van der Waals surface area contributed by atoms with Crippen molar-refractivity contribution in [3.63, 3.8) is 0 Å². The molecule has 3 aromatic rings. The van der Waals surface area contributed by atoms with Crippen molar-refractivity contribution < 1.29 is 17.9 Å². The Labute approximate surface area is 196 Å². The van der Waals surface area contributed by atoms with Gasteiger partial charge in [0.25, 0.3) is 0 Å². The summed E-state index contributed by atoms with van der Waals surface area (Å²) >= 11 is 7.28. The normalized spacial score (nSPS) is 14.4. The summed E-state index contributed by atoms with van der Waals surface area (Å²) in [6.45, 7) is 1.42. The molecule has 0 radical (unpaired) electrons. The van der Waals surface area contributed by atoms with Crippen LogP contribution in [0.5, 0.6) is 5.75 Å². The number of thiazole rings is 1. The minimum Gasteiger partial charge on any atom is -0.486 e. The van der Waals surface area contributed by atoms with Crippen LogP contribution >= 0.6 is 22.9 Å². The molecule has 0 unspecified atom stereocenters. The first-order chi connectivity index (χ1) is 15.4. The molecule has 1 fully saturated rings. The highest BCUT2D eigenvalue weighted by Gasteiger charge is 2.26. The molecule has 10 heteroatoms. The molecule has 1 aromatic heterocycles. The Balaban J connectivity index is 1.29. The maximum Gasteiger partial charge on any atom is 0.243 e. The van der Waals surface area contributed by atoms with Crippen LogP contribution < -0.4 is 10.1 Å². The Morgan fingerprint density at radius 2 is 1.78 bits per heavy atom. The van der Waals surface area contributed by atoms with Gasteiger partial charge in [-0.25, -0.2) is 13.4 Å². The van der Waals surface area contributed by atoms with Crippen LogP contribution in [-0.4, -0.2) is 36.7 Å². The fraction of sp³-hybridized carbons (Fsp3) is 0.273. The molecule has 0 bridgehead atoms. The average molecular weight is 492 g/mol. The molecule has 2 aromatic carbocycles. The number of ether oxygens (including phenoxy) is 1. The maximum absolute atomic E-state index is 12.6. The Morgan fingerprint density at radius 1 is 1.09 bits per heavy atom. The largest absolute Gasteiger partial charge is 0.486 e. The fourth-order valence-electron chi connectivity index (χ4n) is 3.33. The number of carbonyl (C=O) groups is 1. The van der Waals surface area contributed by atoms with Crippen LogP contribution in [0.4, 0.5) is 5.69 Å². The third-order valence-corrected chi connectivity index (χ3v) is 7.99. The van der Waals surface area contributed by atoms with Gasteiger partial charge >= 0.3 is 0 Å². The van der Waals surface area contributed by atoms with Gasteiger partial charge in [-0.2, -0.15) is 4.31 Å². The molecular formula is C22H22ClN3O4S2. The first-order valence-electron chi connectivity index (χ1n) is 10.1. The zero-order valence-electron chi connectivity index (χ0n) is 17.2. The van der Waals surface area contributed by atoms with Crippen molar-refractivity contribution in [3.8, 4) is 5.75 Å². The minimum absolute atomic E-state index is 0.116. The summed E-state index contributed by atoms with van der Waals surface area (Å²) in [6.07, 6.45) is 1.89. The van der Waals surface area contributed by atoms with Crippen LogP contribution in [0.3, 0.4) is 0 Å². The Bertz CT molecular complexity index is 1170. The lowest BCUT2D eigenvalue weighted by atomic mass is 10.3. The number of rotatable bonds is 8. The zero-order chi connectivity index (χ0) is 22.6. The summed E-state index contributed by atoms with van der Waals surface area (Å²) in [6, 6.07) is 13.3. The number of nitrogens with one attached hydrogen (secondary N) is 1. The summed E-state index contributed by atoms with van der Waals surface area (Å²) < 4.78 is 32.3. The Kier molecular flexibility index (Phi) is 7.10. The second kappa shape index (κ2) is 9.99. The van der Waals surface area contributed by atoms with Gasteiger partial charge in [-0.3, -0.25) is 4.79 Å². The van der Waals surface area contributed by atoms with Gasteiger partial charge in [-0.1, -0.05) is 11.6 Å². The van der Waals surface area contributed by atoms with Crippen molar-refractivity contribution in [1.29, 1.82) is 0 Å². The zero-order valence-corrected chi connectivity index (χ0v) is 19.5. The number of benzene rings is 2. The number of amides is 1. The van der Waals surface area contributed by atoms with Gasteiger partial charge in [0.05, 0.1) is 17.0 Å². The lowest BCUT2D eigenvalue weighted by molar-refractivity contribution is -0.115. The molecule has 1 amide bonds. The highest BCUT2D eigenvalue weighted by atomic mass is 35.5. The molecule has 1 aliphatic heterocycles. The average Bonchev–Trinajstić information content (AvgIpc) is 3.46. The van der Waals surface area contributed by atoms with Crippen LogP contribution in [0.2, 0.25) is 5.02 Å². The van der Waals surface area contributed by atoms with Gasteiger partial charge in [-0.15, -0.1) is 11.3 Å². The monoisotopic (exact) mass is 491 g/mol. The first kappa shape index (κ1) is 22.7. The van der Waals surface area contributed by atoms with E-state index in [1.54, 1.807) is 36.4 Å². The molecule has 0 saturated carbocycles. The van der Waals surface area contributed by atoms with E-state index in [0.717, 1.165) is 17.8 Å². The molecule has 0 atom stereocenters. The van der Waals surface area contributed by atoms with E-state index in [4.69, 9.17) is 16.3 Å². The second-order valence-corrected chi connectivity index (χ2v) is 10.7. The van der Waals surface area contributed by atoms with Crippen LogP contribution in [0.1, 0.15) is 23.5 Å². The molecule has 1 saturated heterocycles. The van der Waals surface area contributed by atoms with Gasteiger partial charge in [0, 0.05) is 29.2 Å². The summed E-state index contributed by atoms with van der Waals surface area (Å²) in [7, 11) is -3.46. The number of hydrogen-bond donors (Lipinski definition) is 1. The summed E-state index contributed by atoms with van der Waals surface area (Å²) in [4.78, 5) is 17.1. The molecule has 168 valence electrons. The number of nitrogens with zero attached hydrogens (tertiary/aromatic N) is 2. The third-order valence-electron chi connectivity index (χ3n) is 4.96. The number of hydrogen-bond acceptors (Lipinski definition) is 6. The van der Waals surface area contributed by atoms with E-state index in [1.165, 1.54) is 27.8 Å². The number of anilines is 1. The highest BCUT2D eigenvalue weighted by Crippen LogP contribution is 2.23. The van der Waals surface area contributed by atoms with Crippen molar-refractivity contribution in [1.82, 2.24) is 9.29 Å². The van der Waals surface area contributed by atoms with E-state index in [1.807, 2.05) is 5.38 Å². The minimum atomic E-state index is -3.46. The quantitative estimate of drug-likeness (QED) is 0.506. The van der Waals surface area contributed by atoms with E-state index in [-0.39, 0.29) is 17.2 Å². The van der Waals surface area contributed by atoms with Crippen LogP contribution in [0.25, 0.3) is 0 Å². The van der Waals surface area contributed by atoms with E-state index in [2.05, 4.69) is 10.3 Å². The number of aromatic nitrogens is 1. The smallest absolute Gasteiger partial charge is 0.243 e. The maximum atomic E-state index is 12.6. The van der Waals surface area contributed by atoms with E-state index in [0.29, 0.717) is 41.8 Å². The van der Waals surface area contributed by atoms with Crippen molar-refractivity contribution in [2.45, 2.75) is 30.8 Å². The molecule has 0 spiro atoms. The van der Waals surface area contributed by atoms with Crippen LogP contribution in [0.15, 0.2) is 58.8 Å². The van der Waals surface area contributed by atoms with Gasteiger partial charge in [0.15, 0.2) is 0 Å². The number of carbonyl (C=O) groups excluding carboxylic acids is 1. The van der Waals surface area contributed by atoms with Crippen molar-refractivity contribution >= 4 is 44.6 Å². The SMILES string of the molecule is O=C(Cc1csc(COc2ccc(Cl)cc2)n1)Nc1ccc(S(=O)(=O)N2CCCC2)cc1. The van der Waals surface area contributed by atoms with E-state index < -0.39 is 10.0 Å². The molecule has 2 heterocycles. The summed E-state index contributed by atoms with van der Waals surface area (Å²) in [5, 5.41) is 6.01. The number of halogens is 1. The predicted molar refractivity (Wildman–Crippen MR) is 125 cm³/mol. The first-order valence-corrected chi connectivity index (χ1v) is 12.8. The predicted octanol–water partition coefficient (Wildman–Crippen LogP) is 4.34. The van der Waals surface area contributed by atoms with Crippen LogP contribution in [-0.2, 0) is 27.8 Å². The fourth-order valence-corrected chi connectivity index (χ4v) is 5.68. The van der Waals surface area contributed by atoms with Gasteiger partial charge in [-0.05, 0) is 61.4 Å². The van der Waals surface area contributed by atoms with Crippen molar-refractivity contribution in [2.24, 2.45) is 0 Å². The lowest BCUT2D eigenvalue weighted by Crippen LogP contribution is -2.27. The molecular weight excluding hydrogens is 470 g/mol. The Hall–Kier alpha value is -2.46. The molecule has 4 rings (SSSR count). The topological polar surface area (TPSA) is 88.6 Å². The summed E-state index contributed by atoms with van der Waals surface area (Å²) in [5.41, 5.74) is 1.19. The standard InChI is InChI=1S/C22H22ClN3O4S2/c23-16-3-7-19(8-4-16)30-14-22-25-18(15-31-22)13-21(27)24-17-5-9-20(10-6-17)32(28,29)26-11-1-2-12-26/h3-10,15H,1-2,11-14H2,(H,24,27). The highest BCUT2D eigenvalue weighted by molar-refractivity contribution is 7.89. The molecule has 1 N–H and O–H groups in total. The van der Waals surface area contributed by atoms with Crippen LogP contribution in [0, 0.1) is 0 Å². The molecule has 7 nitrogen and oxygen atoms in total. The molecule has 0 aliphatic carbocycles. The third kappa shape index (κ3) is 5.66. The van der Waals surface area contributed by atoms with Gasteiger partial charge < -0.3 is 10.1 Å². The van der Waals surface area contributed by atoms with Gasteiger partial charge in [0.1, 0.15) is 17.4 Å². The summed E-state index contributed by atoms with van der Waals surface area (Å²) in [5.74, 6) is 0.467. The van der Waals surface area contributed by atoms with E-state index >= 15 is 0 Å².